The molecule has 1 amide bonds. The van der Waals surface area contributed by atoms with Gasteiger partial charge in [0.1, 0.15) is 0 Å². The predicted octanol–water partition coefficient (Wildman–Crippen LogP) is 2.74. The van der Waals surface area contributed by atoms with E-state index < -0.39 is 0 Å². The molecule has 102 valence electrons. The SMILES string of the molecule is CN(c1ccccc1)c1cncc(C(=O)NC2CC2)c1. The number of pyridine rings is 1. The lowest BCUT2D eigenvalue weighted by molar-refractivity contribution is 0.0950. The van der Waals surface area contributed by atoms with Crippen LogP contribution in [0.1, 0.15) is 23.2 Å². The Morgan fingerprint density at radius 3 is 2.65 bits per heavy atom. The first-order chi connectivity index (χ1) is 9.74. The van der Waals surface area contributed by atoms with Crippen LogP contribution in [0.5, 0.6) is 0 Å². The van der Waals surface area contributed by atoms with Crippen LogP contribution in [0.2, 0.25) is 0 Å². The van der Waals surface area contributed by atoms with Crippen LogP contribution in [0.3, 0.4) is 0 Å². The van der Waals surface area contributed by atoms with E-state index in [-0.39, 0.29) is 5.91 Å². The number of carbonyl (C=O) groups is 1. The summed E-state index contributed by atoms with van der Waals surface area (Å²) in [6, 6.07) is 12.2. The van der Waals surface area contributed by atoms with Gasteiger partial charge in [-0.3, -0.25) is 9.78 Å². The molecule has 1 fully saturated rings. The third-order valence-electron chi connectivity index (χ3n) is 3.43. The van der Waals surface area contributed by atoms with Gasteiger partial charge in [-0.25, -0.2) is 0 Å². The van der Waals surface area contributed by atoms with Crippen molar-refractivity contribution in [2.45, 2.75) is 18.9 Å². The molecular formula is C16H17N3O. The number of benzene rings is 1. The summed E-state index contributed by atoms with van der Waals surface area (Å²) >= 11 is 0. The molecule has 0 atom stereocenters. The van der Waals surface area contributed by atoms with E-state index in [0.29, 0.717) is 11.6 Å². The van der Waals surface area contributed by atoms with E-state index in [9.17, 15) is 4.79 Å². The summed E-state index contributed by atoms with van der Waals surface area (Å²) in [5.74, 6) is -0.0386. The van der Waals surface area contributed by atoms with Crippen LogP contribution in [0.25, 0.3) is 0 Å². The average molecular weight is 267 g/mol. The molecule has 1 aliphatic rings. The molecule has 2 aromatic rings. The Morgan fingerprint density at radius 2 is 1.95 bits per heavy atom. The summed E-state index contributed by atoms with van der Waals surface area (Å²) in [5, 5.41) is 2.98. The highest BCUT2D eigenvalue weighted by Gasteiger charge is 2.24. The molecule has 1 N–H and O–H groups in total. The van der Waals surface area contributed by atoms with Gasteiger partial charge in [-0.2, -0.15) is 0 Å². The molecule has 3 rings (SSSR count). The lowest BCUT2D eigenvalue weighted by atomic mass is 10.2. The second-order valence-electron chi connectivity index (χ2n) is 5.07. The number of para-hydroxylation sites is 1. The van der Waals surface area contributed by atoms with Crippen LogP contribution in [0.4, 0.5) is 11.4 Å². The van der Waals surface area contributed by atoms with Crippen molar-refractivity contribution >= 4 is 17.3 Å². The maximum Gasteiger partial charge on any atom is 0.253 e. The molecule has 1 aromatic carbocycles. The van der Waals surface area contributed by atoms with E-state index in [1.165, 1.54) is 0 Å². The lowest BCUT2D eigenvalue weighted by Crippen LogP contribution is -2.25. The summed E-state index contributed by atoms with van der Waals surface area (Å²) in [4.78, 5) is 18.2. The van der Waals surface area contributed by atoms with Crippen molar-refractivity contribution in [3.63, 3.8) is 0 Å². The van der Waals surface area contributed by atoms with E-state index in [1.807, 2.05) is 48.3 Å². The summed E-state index contributed by atoms with van der Waals surface area (Å²) in [6.07, 6.45) is 5.55. The maximum absolute atomic E-state index is 12.0. The highest BCUT2D eigenvalue weighted by Crippen LogP contribution is 2.24. The molecule has 1 aromatic heterocycles. The Hall–Kier alpha value is -2.36. The van der Waals surface area contributed by atoms with Crippen molar-refractivity contribution < 1.29 is 4.79 Å². The van der Waals surface area contributed by atoms with Gasteiger partial charge in [-0.15, -0.1) is 0 Å². The predicted molar refractivity (Wildman–Crippen MR) is 79.2 cm³/mol. The summed E-state index contributed by atoms with van der Waals surface area (Å²) in [7, 11) is 1.97. The molecule has 4 nitrogen and oxygen atoms in total. The number of anilines is 2. The number of rotatable bonds is 4. The fourth-order valence-electron chi connectivity index (χ4n) is 2.03. The number of hydrogen-bond donors (Lipinski definition) is 1. The van der Waals surface area contributed by atoms with E-state index in [0.717, 1.165) is 24.2 Å². The minimum absolute atomic E-state index is 0.0386. The third kappa shape index (κ3) is 2.79. The second kappa shape index (κ2) is 5.33. The minimum atomic E-state index is -0.0386. The number of carbonyl (C=O) groups excluding carboxylic acids is 1. The van der Waals surface area contributed by atoms with Crippen LogP contribution < -0.4 is 10.2 Å². The molecule has 0 saturated heterocycles. The number of nitrogens with zero attached hydrogens (tertiary/aromatic N) is 2. The van der Waals surface area contributed by atoms with Crippen molar-refractivity contribution in [3.8, 4) is 0 Å². The van der Waals surface area contributed by atoms with Gasteiger partial charge in [0.25, 0.3) is 5.91 Å². The minimum Gasteiger partial charge on any atom is -0.349 e. The zero-order valence-corrected chi connectivity index (χ0v) is 11.4. The van der Waals surface area contributed by atoms with Crippen molar-refractivity contribution in [1.29, 1.82) is 0 Å². The maximum atomic E-state index is 12.0. The van der Waals surface area contributed by atoms with Gasteiger partial charge in [0.15, 0.2) is 0 Å². The molecule has 0 radical (unpaired) electrons. The molecule has 0 unspecified atom stereocenters. The molecule has 1 heterocycles. The van der Waals surface area contributed by atoms with Crippen LogP contribution in [0, 0.1) is 0 Å². The van der Waals surface area contributed by atoms with E-state index in [1.54, 1.807) is 12.4 Å². The standard InChI is InChI=1S/C16H17N3O/c1-19(14-5-3-2-4-6-14)15-9-12(10-17-11-15)16(20)18-13-7-8-13/h2-6,9-11,13H,7-8H2,1H3,(H,18,20). The quantitative estimate of drug-likeness (QED) is 0.926. The molecular weight excluding hydrogens is 250 g/mol. The molecule has 1 aliphatic carbocycles. The Balaban J connectivity index is 1.81. The highest BCUT2D eigenvalue weighted by molar-refractivity contribution is 5.95. The first kappa shape index (κ1) is 12.7. The van der Waals surface area contributed by atoms with Gasteiger partial charge in [-0.05, 0) is 31.0 Å². The number of nitrogens with one attached hydrogen (secondary N) is 1. The summed E-state index contributed by atoms with van der Waals surface area (Å²) < 4.78 is 0. The normalized spacial score (nSPS) is 13.8. The molecule has 20 heavy (non-hydrogen) atoms. The van der Waals surface area contributed by atoms with E-state index >= 15 is 0 Å². The van der Waals surface area contributed by atoms with E-state index in [2.05, 4.69) is 10.3 Å². The van der Waals surface area contributed by atoms with Gasteiger partial charge >= 0.3 is 0 Å². The monoisotopic (exact) mass is 267 g/mol. The average Bonchev–Trinajstić information content (AvgIpc) is 3.31. The topological polar surface area (TPSA) is 45.2 Å². The number of hydrogen-bond acceptors (Lipinski definition) is 3. The Kier molecular flexibility index (Phi) is 3.37. The Morgan fingerprint density at radius 1 is 1.20 bits per heavy atom. The highest BCUT2D eigenvalue weighted by atomic mass is 16.1. The molecule has 0 bridgehead atoms. The van der Waals surface area contributed by atoms with Crippen molar-refractivity contribution in [3.05, 3.63) is 54.4 Å². The molecule has 0 aliphatic heterocycles. The van der Waals surface area contributed by atoms with Crippen molar-refractivity contribution in [2.24, 2.45) is 0 Å². The fourth-order valence-corrected chi connectivity index (χ4v) is 2.03. The van der Waals surface area contributed by atoms with Crippen LogP contribution in [-0.2, 0) is 0 Å². The van der Waals surface area contributed by atoms with Gasteiger partial charge in [-0.1, -0.05) is 18.2 Å². The van der Waals surface area contributed by atoms with Gasteiger partial charge in [0, 0.05) is 25.0 Å². The first-order valence-corrected chi connectivity index (χ1v) is 6.79. The van der Waals surface area contributed by atoms with Gasteiger partial charge < -0.3 is 10.2 Å². The third-order valence-corrected chi connectivity index (χ3v) is 3.43. The lowest BCUT2D eigenvalue weighted by Gasteiger charge is -2.19. The van der Waals surface area contributed by atoms with Crippen molar-refractivity contribution in [1.82, 2.24) is 10.3 Å². The van der Waals surface area contributed by atoms with Crippen LogP contribution in [0.15, 0.2) is 48.8 Å². The Bertz CT molecular complexity index is 608. The van der Waals surface area contributed by atoms with Crippen LogP contribution >= 0.6 is 0 Å². The summed E-state index contributed by atoms with van der Waals surface area (Å²) in [5.41, 5.74) is 2.57. The summed E-state index contributed by atoms with van der Waals surface area (Å²) in [6.45, 7) is 0. The first-order valence-electron chi connectivity index (χ1n) is 6.79. The second-order valence-corrected chi connectivity index (χ2v) is 5.07. The number of amides is 1. The zero-order valence-electron chi connectivity index (χ0n) is 11.4. The molecule has 0 spiro atoms. The van der Waals surface area contributed by atoms with Crippen molar-refractivity contribution in [2.75, 3.05) is 11.9 Å². The fraction of sp³-hybridized carbons (Fsp3) is 0.250. The zero-order chi connectivity index (χ0) is 13.9. The molecule has 1 saturated carbocycles. The smallest absolute Gasteiger partial charge is 0.253 e. The Labute approximate surface area is 118 Å². The van der Waals surface area contributed by atoms with E-state index in [4.69, 9.17) is 0 Å². The van der Waals surface area contributed by atoms with Gasteiger partial charge in [0.05, 0.1) is 17.4 Å². The molecule has 4 heteroatoms. The van der Waals surface area contributed by atoms with Gasteiger partial charge in [0.2, 0.25) is 0 Å². The van der Waals surface area contributed by atoms with Crippen LogP contribution in [-0.4, -0.2) is 24.0 Å². The largest absolute Gasteiger partial charge is 0.349 e. The number of aromatic nitrogens is 1.